The van der Waals surface area contributed by atoms with E-state index in [2.05, 4.69) is 10.6 Å². The zero-order valence-electron chi connectivity index (χ0n) is 15.9. The summed E-state index contributed by atoms with van der Waals surface area (Å²) in [6.07, 6.45) is 0.958. The van der Waals surface area contributed by atoms with E-state index in [1.165, 1.54) is 37.1 Å². The van der Waals surface area contributed by atoms with Crippen LogP contribution in [0.3, 0.4) is 0 Å². The largest absolute Gasteiger partial charge is 0.350 e. The highest BCUT2D eigenvalue weighted by Gasteiger charge is 2.47. The normalized spacial score (nSPS) is 20.7. The molecule has 0 aliphatic carbocycles. The highest BCUT2D eigenvalue weighted by molar-refractivity contribution is 7.88. The topological polar surface area (TPSA) is 116 Å². The molecular weight excluding hydrogens is 391 g/mol. The van der Waals surface area contributed by atoms with E-state index in [-0.39, 0.29) is 19.6 Å². The number of rotatable bonds is 6. The summed E-state index contributed by atoms with van der Waals surface area (Å²) in [4.78, 5) is 37.9. The Bertz CT molecular complexity index is 891. The van der Waals surface area contributed by atoms with Gasteiger partial charge in [-0.3, -0.25) is 14.4 Å². The van der Waals surface area contributed by atoms with Crippen molar-refractivity contribution in [3.8, 4) is 0 Å². The third kappa shape index (κ3) is 4.84. The average Bonchev–Trinajstić information content (AvgIpc) is 2.62. The van der Waals surface area contributed by atoms with Crippen LogP contribution in [-0.4, -0.2) is 73.8 Å². The van der Waals surface area contributed by atoms with Gasteiger partial charge in [0.25, 0.3) is 0 Å². The molecule has 2 rings (SSSR count). The average molecular weight is 414 g/mol. The first-order chi connectivity index (χ1) is 12.9. The molecule has 1 unspecified atom stereocenters. The number of sulfonamides is 1. The third-order valence-corrected chi connectivity index (χ3v) is 5.91. The molecular formula is C17H23FN4O5S. The lowest BCUT2D eigenvalue weighted by Gasteiger charge is -2.44. The van der Waals surface area contributed by atoms with E-state index in [0.29, 0.717) is 5.56 Å². The van der Waals surface area contributed by atoms with Crippen LogP contribution >= 0.6 is 0 Å². The number of halogens is 1. The first-order valence-corrected chi connectivity index (χ1v) is 10.3. The van der Waals surface area contributed by atoms with Crippen molar-refractivity contribution in [2.24, 2.45) is 0 Å². The fourth-order valence-corrected chi connectivity index (χ4v) is 3.58. The molecule has 1 aliphatic rings. The van der Waals surface area contributed by atoms with Gasteiger partial charge in [-0.05, 0) is 13.0 Å². The lowest BCUT2D eigenvalue weighted by Crippen LogP contribution is -2.68. The van der Waals surface area contributed by atoms with Crippen molar-refractivity contribution >= 4 is 27.7 Å². The minimum Gasteiger partial charge on any atom is -0.350 e. The SMILES string of the molecule is CN1C(=O)CN(S(C)(=O)=O)CC1(C)C(=O)NCC(=O)NCc1ccccc1F. The second-order valence-electron chi connectivity index (χ2n) is 6.81. The summed E-state index contributed by atoms with van der Waals surface area (Å²) >= 11 is 0. The Morgan fingerprint density at radius 1 is 1.25 bits per heavy atom. The van der Waals surface area contributed by atoms with Gasteiger partial charge in [-0.15, -0.1) is 0 Å². The van der Waals surface area contributed by atoms with E-state index in [0.717, 1.165) is 10.6 Å². The summed E-state index contributed by atoms with van der Waals surface area (Å²) in [7, 11) is -2.27. The molecule has 154 valence electrons. The molecule has 1 fully saturated rings. The van der Waals surface area contributed by atoms with Gasteiger partial charge in [0.15, 0.2) is 0 Å². The molecule has 11 heteroatoms. The van der Waals surface area contributed by atoms with Gasteiger partial charge in [0.05, 0.1) is 19.3 Å². The lowest BCUT2D eigenvalue weighted by atomic mass is 9.96. The van der Waals surface area contributed by atoms with Crippen molar-refractivity contribution in [3.05, 3.63) is 35.6 Å². The van der Waals surface area contributed by atoms with Crippen LogP contribution in [-0.2, 0) is 31.0 Å². The molecule has 1 saturated heterocycles. The Kier molecular flexibility index (Phi) is 6.40. The Labute approximate surface area is 162 Å². The monoisotopic (exact) mass is 414 g/mol. The van der Waals surface area contributed by atoms with Crippen LogP contribution in [0.25, 0.3) is 0 Å². The van der Waals surface area contributed by atoms with Crippen molar-refractivity contribution in [1.29, 1.82) is 0 Å². The maximum absolute atomic E-state index is 13.5. The quantitative estimate of drug-likeness (QED) is 0.623. The number of benzene rings is 1. The van der Waals surface area contributed by atoms with Crippen LogP contribution < -0.4 is 10.6 Å². The second kappa shape index (κ2) is 8.23. The lowest BCUT2D eigenvalue weighted by molar-refractivity contribution is -0.150. The minimum atomic E-state index is -3.67. The molecule has 28 heavy (non-hydrogen) atoms. The van der Waals surface area contributed by atoms with Crippen LogP contribution in [0.4, 0.5) is 4.39 Å². The maximum Gasteiger partial charge on any atom is 0.247 e. The maximum atomic E-state index is 13.5. The molecule has 1 aliphatic heterocycles. The van der Waals surface area contributed by atoms with Gasteiger partial charge in [0.2, 0.25) is 27.7 Å². The fourth-order valence-electron chi connectivity index (χ4n) is 2.75. The van der Waals surface area contributed by atoms with E-state index in [1.54, 1.807) is 6.07 Å². The number of nitrogens with zero attached hydrogens (tertiary/aromatic N) is 2. The number of hydrogen-bond acceptors (Lipinski definition) is 5. The zero-order valence-corrected chi connectivity index (χ0v) is 16.7. The summed E-state index contributed by atoms with van der Waals surface area (Å²) < 4.78 is 38.1. The molecule has 0 spiro atoms. The van der Waals surface area contributed by atoms with Crippen molar-refractivity contribution in [2.45, 2.75) is 19.0 Å². The number of carbonyl (C=O) groups is 3. The van der Waals surface area contributed by atoms with Gasteiger partial charge in [-0.25, -0.2) is 12.8 Å². The van der Waals surface area contributed by atoms with Crippen LogP contribution in [0.15, 0.2) is 24.3 Å². The fraction of sp³-hybridized carbons (Fsp3) is 0.471. The molecule has 2 N–H and O–H groups in total. The van der Waals surface area contributed by atoms with E-state index in [4.69, 9.17) is 0 Å². The van der Waals surface area contributed by atoms with Gasteiger partial charge in [-0.1, -0.05) is 18.2 Å². The van der Waals surface area contributed by atoms with E-state index < -0.39 is 45.6 Å². The number of amides is 3. The molecule has 9 nitrogen and oxygen atoms in total. The third-order valence-electron chi connectivity index (χ3n) is 4.71. The van der Waals surface area contributed by atoms with E-state index in [9.17, 15) is 27.2 Å². The molecule has 1 atom stereocenters. The van der Waals surface area contributed by atoms with Crippen LogP contribution in [0.5, 0.6) is 0 Å². The molecule has 0 radical (unpaired) electrons. The predicted octanol–water partition coefficient (Wildman–Crippen LogP) is -0.950. The van der Waals surface area contributed by atoms with Crippen molar-refractivity contribution in [1.82, 2.24) is 19.8 Å². The van der Waals surface area contributed by atoms with Crippen molar-refractivity contribution in [2.75, 3.05) is 32.9 Å². The van der Waals surface area contributed by atoms with E-state index in [1.807, 2.05) is 0 Å². The number of likely N-dealkylation sites (N-methyl/N-ethyl adjacent to an activating group) is 1. The number of nitrogens with one attached hydrogen (secondary N) is 2. The van der Waals surface area contributed by atoms with Gasteiger partial charge in [-0.2, -0.15) is 4.31 Å². The van der Waals surface area contributed by atoms with Gasteiger partial charge in [0.1, 0.15) is 11.4 Å². The highest BCUT2D eigenvalue weighted by atomic mass is 32.2. The molecule has 1 heterocycles. The molecule has 3 amide bonds. The molecule has 1 aromatic rings. The summed E-state index contributed by atoms with van der Waals surface area (Å²) in [6, 6.07) is 5.96. The van der Waals surface area contributed by atoms with Crippen LogP contribution in [0.2, 0.25) is 0 Å². The number of piperazine rings is 1. The zero-order chi connectivity index (χ0) is 21.1. The van der Waals surface area contributed by atoms with E-state index >= 15 is 0 Å². The highest BCUT2D eigenvalue weighted by Crippen LogP contribution is 2.22. The number of carbonyl (C=O) groups excluding carboxylic acids is 3. The Hall–Kier alpha value is -2.53. The standard InChI is InChI=1S/C17H23FN4O5S/c1-17(11-22(28(3,26)27)10-15(24)21(17)2)16(25)20-9-14(23)19-8-12-6-4-5-7-13(12)18/h4-7H,8-11H2,1-3H3,(H,19,23)(H,20,25). The smallest absolute Gasteiger partial charge is 0.247 e. The van der Waals surface area contributed by atoms with Crippen molar-refractivity contribution in [3.63, 3.8) is 0 Å². The summed E-state index contributed by atoms with van der Waals surface area (Å²) in [6.45, 7) is 0.412. The summed E-state index contributed by atoms with van der Waals surface area (Å²) in [5.74, 6) is -2.21. The molecule has 1 aromatic carbocycles. The number of hydrogen-bond donors (Lipinski definition) is 2. The first-order valence-electron chi connectivity index (χ1n) is 8.45. The Morgan fingerprint density at radius 3 is 2.50 bits per heavy atom. The van der Waals surface area contributed by atoms with Gasteiger partial charge >= 0.3 is 0 Å². The molecule has 0 saturated carbocycles. The molecule has 0 bridgehead atoms. The Morgan fingerprint density at radius 2 is 1.89 bits per heavy atom. The second-order valence-corrected chi connectivity index (χ2v) is 8.79. The predicted molar refractivity (Wildman–Crippen MR) is 98.8 cm³/mol. The van der Waals surface area contributed by atoms with Gasteiger partial charge < -0.3 is 15.5 Å². The minimum absolute atomic E-state index is 0.0428. The first kappa shape index (κ1) is 21.8. The molecule has 0 aromatic heterocycles. The van der Waals surface area contributed by atoms with Crippen LogP contribution in [0, 0.1) is 5.82 Å². The summed E-state index contributed by atoms with van der Waals surface area (Å²) in [5.41, 5.74) is -1.17. The van der Waals surface area contributed by atoms with Crippen molar-refractivity contribution < 1.29 is 27.2 Å². The summed E-state index contributed by atoms with van der Waals surface area (Å²) in [5, 5.41) is 4.89. The Balaban J connectivity index is 1.97. The van der Waals surface area contributed by atoms with Gasteiger partial charge in [0, 0.05) is 25.7 Å². The van der Waals surface area contributed by atoms with Crippen LogP contribution in [0.1, 0.15) is 12.5 Å².